The Morgan fingerprint density at radius 1 is 0.818 bits per heavy atom. The van der Waals surface area contributed by atoms with Gasteiger partial charge in [0.1, 0.15) is 0 Å². The summed E-state index contributed by atoms with van der Waals surface area (Å²) in [4.78, 5) is 14.9. The zero-order valence-electron chi connectivity index (χ0n) is 20.0. The summed E-state index contributed by atoms with van der Waals surface area (Å²) in [6.45, 7) is 5.41. The normalized spacial score (nSPS) is 17.6. The van der Waals surface area contributed by atoms with E-state index < -0.39 is 0 Å². The van der Waals surface area contributed by atoms with Gasteiger partial charge in [0.25, 0.3) is 0 Å². The first kappa shape index (κ1) is 23.8. The van der Waals surface area contributed by atoms with E-state index in [4.69, 9.17) is 0 Å². The zero-order valence-corrected chi connectivity index (χ0v) is 20.0. The second-order valence-electron chi connectivity index (χ2n) is 9.76. The van der Waals surface area contributed by atoms with Crippen LogP contribution in [0.3, 0.4) is 0 Å². The molecule has 1 aliphatic heterocycles. The molecule has 0 radical (unpaired) electrons. The lowest BCUT2D eigenvalue weighted by molar-refractivity contribution is -0.131. The summed E-state index contributed by atoms with van der Waals surface area (Å²) in [6.07, 6.45) is 9.63. The summed E-state index contributed by atoms with van der Waals surface area (Å²) >= 11 is 0. The Labute approximate surface area is 199 Å². The van der Waals surface area contributed by atoms with Crippen LogP contribution in [0.15, 0.2) is 42.5 Å². The summed E-state index contributed by atoms with van der Waals surface area (Å²) in [5.74, 6) is 8.24. The standard InChI is InChI=1S/C29H39N3O/c33-29(21-27-13-8-12-26-11-4-5-14-28(26)27)32-19-15-25(16-20-32)23-31-18-7-6-17-30-22-24-9-2-1-3-10-24/h4-5,8,11-14,24-25,30-31H,1-3,9-10,15-23H2. The van der Waals surface area contributed by atoms with Gasteiger partial charge in [0.05, 0.1) is 19.5 Å². The third-order valence-corrected chi connectivity index (χ3v) is 7.33. The second kappa shape index (κ2) is 12.8. The topological polar surface area (TPSA) is 44.4 Å². The first-order valence-electron chi connectivity index (χ1n) is 12.9. The van der Waals surface area contributed by atoms with Gasteiger partial charge < -0.3 is 15.5 Å². The average molecular weight is 446 g/mol. The minimum Gasteiger partial charge on any atom is -0.342 e. The molecule has 2 fully saturated rings. The van der Waals surface area contributed by atoms with E-state index in [1.54, 1.807) is 0 Å². The number of nitrogens with one attached hydrogen (secondary N) is 2. The predicted octanol–water partition coefficient (Wildman–Crippen LogP) is 4.38. The van der Waals surface area contributed by atoms with Crippen LogP contribution in [0.25, 0.3) is 10.8 Å². The van der Waals surface area contributed by atoms with Gasteiger partial charge in [0.2, 0.25) is 5.91 Å². The molecule has 176 valence electrons. The molecule has 0 atom stereocenters. The Bertz CT molecular complexity index is 941. The fraction of sp³-hybridized carbons (Fsp3) is 0.552. The molecular formula is C29H39N3O. The van der Waals surface area contributed by atoms with Gasteiger partial charge in [-0.2, -0.15) is 0 Å². The van der Waals surface area contributed by atoms with Crippen LogP contribution in [0.2, 0.25) is 0 Å². The SMILES string of the molecule is O=C(Cc1cccc2ccccc12)N1CCC(CNCC#CCNCC2CCCCC2)CC1. The molecule has 2 aromatic rings. The van der Waals surface area contributed by atoms with Crippen LogP contribution in [-0.2, 0) is 11.2 Å². The number of hydrogen-bond donors (Lipinski definition) is 2. The van der Waals surface area contributed by atoms with Crippen molar-refractivity contribution in [3.63, 3.8) is 0 Å². The minimum absolute atomic E-state index is 0.254. The summed E-state index contributed by atoms with van der Waals surface area (Å²) in [5, 5.41) is 9.39. The molecule has 0 bridgehead atoms. The van der Waals surface area contributed by atoms with E-state index in [9.17, 15) is 4.79 Å². The van der Waals surface area contributed by atoms with Gasteiger partial charge in [-0.25, -0.2) is 0 Å². The van der Waals surface area contributed by atoms with E-state index in [0.717, 1.165) is 63.6 Å². The molecule has 4 heteroatoms. The molecule has 4 nitrogen and oxygen atoms in total. The van der Waals surface area contributed by atoms with Crippen molar-refractivity contribution in [2.75, 3.05) is 39.3 Å². The van der Waals surface area contributed by atoms with Gasteiger partial charge >= 0.3 is 0 Å². The lowest BCUT2D eigenvalue weighted by Crippen LogP contribution is -2.41. The number of carbonyl (C=O) groups excluding carboxylic acids is 1. The lowest BCUT2D eigenvalue weighted by Gasteiger charge is -2.32. The van der Waals surface area contributed by atoms with E-state index >= 15 is 0 Å². The van der Waals surface area contributed by atoms with Gasteiger partial charge in [0.15, 0.2) is 0 Å². The van der Waals surface area contributed by atoms with Crippen LogP contribution in [0.4, 0.5) is 0 Å². The number of carbonyl (C=O) groups is 1. The van der Waals surface area contributed by atoms with Crippen LogP contribution in [-0.4, -0.2) is 50.1 Å². The lowest BCUT2D eigenvalue weighted by atomic mass is 9.89. The molecule has 2 aromatic carbocycles. The average Bonchev–Trinajstić information content (AvgIpc) is 2.87. The maximum Gasteiger partial charge on any atom is 0.227 e. The third kappa shape index (κ3) is 7.32. The summed E-state index contributed by atoms with van der Waals surface area (Å²) in [6, 6.07) is 14.6. The van der Waals surface area contributed by atoms with Crippen molar-refractivity contribution in [2.24, 2.45) is 11.8 Å². The molecule has 0 aromatic heterocycles. The fourth-order valence-corrected chi connectivity index (χ4v) is 5.30. The van der Waals surface area contributed by atoms with Crippen molar-refractivity contribution in [1.29, 1.82) is 0 Å². The number of likely N-dealkylation sites (tertiary alicyclic amines) is 1. The van der Waals surface area contributed by atoms with Crippen molar-refractivity contribution >= 4 is 16.7 Å². The monoisotopic (exact) mass is 445 g/mol. The van der Waals surface area contributed by atoms with Crippen LogP contribution < -0.4 is 10.6 Å². The largest absolute Gasteiger partial charge is 0.342 e. The molecule has 2 N–H and O–H groups in total. The first-order chi connectivity index (χ1) is 16.3. The Morgan fingerprint density at radius 3 is 2.18 bits per heavy atom. The smallest absolute Gasteiger partial charge is 0.227 e. The number of hydrogen-bond acceptors (Lipinski definition) is 3. The van der Waals surface area contributed by atoms with E-state index in [-0.39, 0.29) is 5.91 Å². The maximum absolute atomic E-state index is 12.9. The molecule has 1 heterocycles. The highest BCUT2D eigenvalue weighted by molar-refractivity contribution is 5.90. The number of amides is 1. The third-order valence-electron chi connectivity index (χ3n) is 7.33. The van der Waals surface area contributed by atoms with Gasteiger partial charge in [-0.05, 0) is 66.9 Å². The Hall–Kier alpha value is -2.35. The van der Waals surface area contributed by atoms with Crippen molar-refractivity contribution in [1.82, 2.24) is 15.5 Å². The number of rotatable bonds is 8. The fourth-order valence-electron chi connectivity index (χ4n) is 5.30. The number of piperidine rings is 1. The van der Waals surface area contributed by atoms with Gasteiger partial charge in [-0.15, -0.1) is 0 Å². The van der Waals surface area contributed by atoms with E-state index in [1.807, 2.05) is 12.1 Å². The molecule has 2 aliphatic rings. The van der Waals surface area contributed by atoms with Crippen LogP contribution in [0.1, 0.15) is 50.5 Å². The predicted molar refractivity (Wildman–Crippen MR) is 137 cm³/mol. The van der Waals surface area contributed by atoms with Crippen molar-refractivity contribution in [3.05, 3.63) is 48.0 Å². The van der Waals surface area contributed by atoms with Gasteiger partial charge in [0, 0.05) is 13.1 Å². The molecule has 0 spiro atoms. The van der Waals surface area contributed by atoms with Crippen LogP contribution >= 0.6 is 0 Å². The molecule has 1 aliphatic carbocycles. The Kier molecular flexibility index (Phi) is 9.21. The quantitative estimate of drug-likeness (QED) is 0.468. The highest BCUT2D eigenvalue weighted by Crippen LogP contribution is 2.23. The summed E-state index contributed by atoms with van der Waals surface area (Å²) in [7, 11) is 0. The number of nitrogens with zero attached hydrogens (tertiary/aromatic N) is 1. The highest BCUT2D eigenvalue weighted by Gasteiger charge is 2.22. The number of benzene rings is 2. The van der Waals surface area contributed by atoms with Gasteiger partial charge in [-0.3, -0.25) is 4.79 Å². The summed E-state index contributed by atoms with van der Waals surface area (Å²) < 4.78 is 0. The highest BCUT2D eigenvalue weighted by atomic mass is 16.2. The van der Waals surface area contributed by atoms with Crippen molar-refractivity contribution in [2.45, 2.75) is 51.4 Å². The molecule has 4 rings (SSSR count). The maximum atomic E-state index is 12.9. The molecule has 33 heavy (non-hydrogen) atoms. The van der Waals surface area contributed by atoms with Gasteiger partial charge in [-0.1, -0.05) is 73.6 Å². The Balaban J connectivity index is 1.10. The van der Waals surface area contributed by atoms with Crippen LogP contribution in [0.5, 0.6) is 0 Å². The molecule has 1 amide bonds. The summed E-state index contributed by atoms with van der Waals surface area (Å²) in [5.41, 5.74) is 1.13. The zero-order chi connectivity index (χ0) is 22.7. The van der Waals surface area contributed by atoms with Crippen molar-refractivity contribution < 1.29 is 4.79 Å². The van der Waals surface area contributed by atoms with Crippen LogP contribution in [0, 0.1) is 23.7 Å². The molecular weight excluding hydrogens is 406 g/mol. The molecule has 1 saturated carbocycles. The van der Waals surface area contributed by atoms with E-state index in [0.29, 0.717) is 12.3 Å². The van der Waals surface area contributed by atoms with Crippen molar-refractivity contribution in [3.8, 4) is 11.8 Å². The minimum atomic E-state index is 0.254. The van der Waals surface area contributed by atoms with E-state index in [1.165, 1.54) is 42.9 Å². The van der Waals surface area contributed by atoms with E-state index in [2.05, 4.69) is 57.7 Å². The number of fused-ring (bicyclic) bond motifs is 1. The molecule has 1 saturated heterocycles. The second-order valence-corrected chi connectivity index (χ2v) is 9.76. The first-order valence-corrected chi connectivity index (χ1v) is 12.9. The Morgan fingerprint density at radius 2 is 1.45 bits per heavy atom. The molecule has 0 unspecified atom stereocenters.